The zero-order chi connectivity index (χ0) is 14.5. The number of nitrogens with zero attached hydrogens (tertiary/aromatic N) is 1. The third-order valence-electron chi connectivity index (χ3n) is 3.57. The number of anilines is 2. The van der Waals surface area contributed by atoms with Gasteiger partial charge in [-0.2, -0.15) is 0 Å². The molecule has 0 spiro atoms. The average Bonchev–Trinajstić information content (AvgIpc) is 2.43. The number of amides is 1. The lowest BCUT2D eigenvalue weighted by atomic mass is 10.1. The van der Waals surface area contributed by atoms with Crippen LogP contribution in [0.15, 0.2) is 24.3 Å². The molecule has 1 aromatic rings. The van der Waals surface area contributed by atoms with Gasteiger partial charge in [-0.25, -0.2) is 0 Å². The number of nitrogens with one attached hydrogen (secondary N) is 1. The second kappa shape index (κ2) is 6.75. The first kappa shape index (κ1) is 14.9. The number of rotatable bonds is 4. The van der Waals surface area contributed by atoms with Crippen LogP contribution in [0.2, 0.25) is 0 Å². The van der Waals surface area contributed by atoms with Gasteiger partial charge in [-0.3, -0.25) is 4.79 Å². The summed E-state index contributed by atoms with van der Waals surface area (Å²) in [6, 6.07) is 8.45. The quantitative estimate of drug-likeness (QED) is 0.919. The topological polar surface area (TPSA) is 41.6 Å². The van der Waals surface area contributed by atoms with E-state index in [4.69, 9.17) is 4.74 Å². The second-order valence-electron chi connectivity index (χ2n) is 5.49. The van der Waals surface area contributed by atoms with Crippen LogP contribution in [-0.4, -0.2) is 31.2 Å². The molecular formula is C16H24N2O2. The van der Waals surface area contributed by atoms with Gasteiger partial charge in [0.1, 0.15) is 0 Å². The largest absolute Gasteiger partial charge is 0.375 e. The Morgan fingerprint density at radius 3 is 2.70 bits per heavy atom. The fourth-order valence-electron chi connectivity index (χ4n) is 2.45. The van der Waals surface area contributed by atoms with Gasteiger partial charge in [0.2, 0.25) is 5.91 Å². The first-order valence-electron chi connectivity index (χ1n) is 7.38. The summed E-state index contributed by atoms with van der Waals surface area (Å²) in [6.45, 7) is 7.93. The minimum Gasteiger partial charge on any atom is -0.375 e. The molecule has 0 radical (unpaired) electrons. The Labute approximate surface area is 121 Å². The smallest absolute Gasteiger partial charge is 0.224 e. The summed E-state index contributed by atoms with van der Waals surface area (Å²) in [5, 5.41) is 2.91. The Kier molecular flexibility index (Phi) is 5.01. The standard InChI is InChI=1S/C16H24N2O2/c1-4-5-16(19)17-14-6-8-15(9-7-14)18-10-13(3)20-11-12(18)2/h6-9,12-13H,4-5,10-11H2,1-3H3,(H,17,19). The van der Waals surface area contributed by atoms with Crippen molar-refractivity contribution in [1.29, 1.82) is 0 Å². The van der Waals surface area contributed by atoms with Crippen LogP contribution in [-0.2, 0) is 9.53 Å². The van der Waals surface area contributed by atoms with E-state index in [0.29, 0.717) is 12.5 Å². The average molecular weight is 276 g/mol. The molecule has 0 saturated carbocycles. The SMILES string of the molecule is CCCC(=O)Nc1ccc(N2CC(C)OCC2C)cc1. The lowest BCUT2D eigenvalue weighted by molar-refractivity contribution is -0.116. The third kappa shape index (κ3) is 3.73. The van der Waals surface area contributed by atoms with E-state index in [2.05, 4.69) is 36.2 Å². The summed E-state index contributed by atoms with van der Waals surface area (Å²) >= 11 is 0. The maximum Gasteiger partial charge on any atom is 0.224 e. The minimum atomic E-state index is 0.0774. The van der Waals surface area contributed by atoms with Crippen molar-refractivity contribution < 1.29 is 9.53 Å². The molecule has 1 heterocycles. The highest BCUT2D eigenvalue weighted by Gasteiger charge is 2.23. The summed E-state index contributed by atoms with van der Waals surface area (Å²) < 4.78 is 5.65. The van der Waals surface area contributed by atoms with Gasteiger partial charge in [0.05, 0.1) is 12.7 Å². The summed E-state index contributed by atoms with van der Waals surface area (Å²) in [4.78, 5) is 13.9. The molecule has 1 saturated heterocycles. The molecule has 0 aliphatic carbocycles. The van der Waals surface area contributed by atoms with E-state index in [1.807, 2.05) is 19.1 Å². The van der Waals surface area contributed by atoms with E-state index >= 15 is 0 Å². The fourth-order valence-corrected chi connectivity index (χ4v) is 2.45. The molecular weight excluding hydrogens is 252 g/mol. The van der Waals surface area contributed by atoms with Gasteiger partial charge >= 0.3 is 0 Å². The van der Waals surface area contributed by atoms with Crippen molar-refractivity contribution in [3.05, 3.63) is 24.3 Å². The van der Waals surface area contributed by atoms with Gasteiger partial charge in [-0.05, 0) is 44.5 Å². The van der Waals surface area contributed by atoms with Crippen LogP contribution in [0.4, 0.5) is 11.4 Å². The van der Waals surface area contributed by atoms with Crippen molar-refractivity contribution in [2.75, 3.05) is 23.4 Å². The zero-order valence-electron chi connectivity index (χ0n) is 12.6. The van der Waals surface area contributed by atoms with Gasteiger partial charge in [0.25, 0.3) is 0 Å². The van der Waals surface area contributed by atoms with Crippen LogP contribution in [0.5, 0.6) is 0 Å². The lowest BCUT2D eigenvalue weighted by Gasteiger charge is -2.38. The van der Waals surface area contributed by atoms with E-state index in [0.717, 1.165) is 25.3 Å². The van der Waals surface area contributed by atoms with Crippen LogP contribution in [0, 0.1) is 0 Å². The van der Waals surface area contributed by atoms with Crippen molar-refractivity contribution in [3.8, 4) is 0 Å². The highest BCUT2D eigenvalue weighted by Crippen LogP contribution is 2.23. The normalized spacial score (nSPS) is 22.6. The Balaban J connectivity index is 2.02. The lowest BCUT2D eigenvalue weighted by Crippen LogP contribution is -2.47. The molecule has 1 amide bonds. The number of hydrogen-bond donors (Lipinski definition) is 1. The Hall–Kier alpha value is -1.55. The number of morpholine rings is 1. The van der Waals surface area contributed by atoms with Gasteiger partial charge in [0, 0.05) is 30.4 Å². The van der Waals surface area contributed by atoms with Crippen molar-refractivity contribution in [1.82, 2.24) is 0 Å². The van der Waals surface area contributed by atoms with Gasteiger partial charge in [-0.15, -0.1) is 0 Å². The first-order valence-corrected chi connectivity index (χ1v) is 7.38. The van der Waals surface area contributed by atoms with Crippen LogP contribution < -0.4 is 10.2 Å². The highest BCUT2D eigenvalue weighted by molar-refractivity contribution is 5.90. The van der Waals surface area contributed by atoms with Crippen molar-refractivity contribution in [2.45, 2.75) is 45.8 Å². The molecule has 1 aliphatic rings. The summed E-state index contributed by atoms with van der Waals surface area (Å²) in [6.07, 6.45) is 1.70. The van der Waals surface area contributed by atoms with Gasteiger partial charge in [0.15, 0.2) is 0 Å². The predicted molar refractivity (Wildman–Crippen MR) is 82.2 cm³/mol. The maximum absolute atomic E-state index is 11.6. The molecule has 110 valence electrons. The highest BCUT2D eigenvalue weighted by atomic mass is 16.5. The summed E-state index contributed by atoms with van der Waals surface area (Å²) in [5.74, 6) is 0.0774. The van der Waals surface area contributed by atoms with Crippen LogP contribution >= 0.6 is 0 Å². The van der Waals surface area contributed by atoms with Gasteiger partial charge < -0.3 is 15.0 Å². The first-order chi connectivity index (χ1) is 9.60. The van der Waals surface area contributed by atoms with Crippen LogP contribution in [0.3, 0.4) is 0 Å². The molecule has 2 atom stereocenters. The Bertz CT molecular complexity index is 444. The molecule has 2 rings (SSSR count). The zero-order valence-corrected chi connectivity index (χ0v) is 12.6. The molecule has 1 aliphatic heterocycles. The monoisotopic (exact) mass is 276 g/mol. The number of ether oxygens (including phenoxy) is 1. The third-order valence-corrected chi connectivity index (χ3v) is 3.57. The number of carbonyl (C=O) groups is 1. The number of carbonyl (C=O) groups excluding carboxylic acids is 1. The Morgan fingerprint density at radius 1 is 1.35 bits per heavy atom. The second-order valence-corrected chi connectivity index (χ2v) is 5.49. The molecule has 20 heavy (non-hydrogen) atoms. The molecule has 1 aromatic carbocycles. The summed E-state index contributed by atoms with van der Waals surface area (Å²) in [7, 11) is 0. The molecule has 1 N–H and O–H groups in total. The molecule has 1 fully saturated rings. The number of benzene rings is 1. The number of hydrogen-bond acceptors (Lipinski definition) is 3. The fraction of sp³-hybridized carbons (Fsp3) is 0.562. The molecule has 4 heteroatoms. The summed E-state index contributed by atoms with van der Waals surface area (Å²) in [5.41, 5.74) is 2.04. The van der Waals surface area contributed by atoms with E-state index in [-0.39, 0.29) is 12.0 Å². The van der Waals surface area contributed by atoms with Gasteiger partial charge in [-0.1, -0.05) is 6.92 Å². The van der Waals surface area contributed by atoms with Crippen LogP contribution in [0.1, 0.15) is 33.6 Å². The maximum atomic E-state index is 11.6. The molecule has 2 unspecified atom stereocenters. The van der Waals surface area contributed by atoms with Crippen LogP contribution in [0.25, 0.3) is 0 Å². The van der Waals surface area contributed by atoms with E-state index in [1.54, 1.807) is 0 Å². The predicted octanol–water partition coefficient (Wildman–Crippen LogP) is 3.04. The molecule has 4 nitrogen and oxygen atoms in total. The van der Waals surface area contributed by atoms with E-state index in [1.165, 1.54) is 5.69 Å². The van der Waals surface area contributed by atoms with Crippen molar-refractivity contribution in [3.63, 3.8) is 0 Å². The van der Waals surface area contributed by atoms with Crippen molar-refractivity contribution in [2.24, 2.45) is 0 Å². The van der Waals surface area contributed by atoms with Crippen molar-refractivity contribution >= 4 is 17.3 Å². The Morgan fingerprint density at radius 2 is 2.05 bits per heavy atom. The minimum absolute atomic E-state index is 0.0774. The van der Waals surface area contributed by atoms with E-state index < -0.39 is 0 Å². The van der Waals surface area contributed by atoms with E-state index in [9.17, 15) is 4.79 Å². The molecule has 0 bridgehead atoms. The molecule has 0 aromatic heterocycles.